The fourth-order valence-corrected chi connectivity index (χ4v) is 2.19. The molecule has 8 nitrogen and oxygen atoms in total. The Morgan fingerprint density at radius 2 is 1.04 bits per heavy atom. The predicted octanol–water partition coefficient (Wildman–Crippen LogP) is 0.677. The van der Waals surface area contributed by atoms with E-state index in [0.29, 0.717) is 12.8 Å². The van der Waals surface area contributed by atoms with Gasteiger partial charge in [-0.2, -0.15) is 0 Å². The second kappa shape index (κ2) is 14.9. The molecule has 0 aromatic carbocycles. The minimum atomic E-state index is -2.06. The monoisotopic (exact) mass is 378 g/mol. The maximum absolute atomic E-state index is 11.6. The Bertz CT molecular complexity index is 351. The van der Waals surface area contributed by atoms with Crippen LogP contribution in [0.5, 0.6) is 0 Å². The number of esters is 2. The van der Waals surface area contributed by atoms with Gasteiger partial charge in [0.25, 0.3) is 0 Å². The molecular weight excluding hydrogens is 344 g/mol. The van der Waals surface area contributed by atoms with Crippen molar-refractivity contribution in [2.24, 2.45) is 0 Å². The minimum absolute atomic E-state index is 0.119. The minimum Gasteiger partial charge on any atom is -0.464 e. The van der Waals surface area contributed by atoms with Crippen LogP contribution in [0.2, 0.25) is 0 Å². The summed E-state index contributed by atoms with van der Waals surface area (Å²) in [6.07, 6.45) is -0.0955. The lowest BCUT2D eigenvalue weighted by atomic mass is 10.1. The third kappa shape index (κ3) is 11.4. The van der Waals surface area contributed by atoms with Gasteiger partial charge in [0.2, 0.25) is 0 Å². The van der Waals surface area contributed by atoms with E-state index in [-0.39, 0.29) is 26.1 Å². The molecule has 0 aliphatic rings. The molecular formula is C18H34O8. The summed E-state index contributed by atoms with van der Waals surface area (Å²) < 4.78 is 9.51. The fraction of sp³-hybridized carbons (Fsp3) is 0.889. The summed E-state index contributed by atoms with van der Waals surface area (Å²) in [5.74, 6) is -2.31. The van der Waals surface area contributed by atoms with Gasteiger partial charge in [-0.15, -0.1) is 0 Å². The standard InChI is InChI=1S/C18H34O8/c1-3-5-7-13(19)9-11-25-17(23)15(21)16(22)18(24)26-12-10-14(20)8-6-4-2/h13-16,19-22H,3-12H2,1-2H3. The molecule has 4 N–H and O–H groups in total. The summed E-state index contributed by atoms with van der Waals surface area (Å²) >= 11 is 0. The zero-order valence-electron chi connectivity index (χ0n) is 15.8. The zero-order valence-corrected chi connectivity index (χ0v) is 15.8. The van der Waals surface area contributed by atoms with E-state index in [1.54, 1.807) is 0 Å². The lowest BCUT2D eigenvalue weighted by Gasteiger charge is -2.17. The Morgan fingerprint density at radius 1 is 0.692 bits per heavy atom. The van der Waals surface area contributed by atoms with Crippen LogP contribution >= 0.6 is 0 Å². The van der Waals surface area contributed by atoms with Crippen LogP contribution in [0, 0.1) is 0 Å². The summed E-state index contributed by atoms with van der Waals surface area (Å²) in [5, 5.41) is 38.6. The molecule has 0 saturated carbocycles. The maximum Gasteiger partial charge on any atom is 0.338 e. The van der Waals surface area contributed by atoms with E-state index < -0.39 is 36.4 Å². The topological polar surface area (TPSA) is 134 Å². The fourth-order valence-electron chi connectivity index (χ4n) is 2.19. The molecule has 0 heterocycles. The molecule has 0 aromatic rings. The molecule has 0 saturated heterocycles. The van der Waals surface area contributed by atoms with Crippen molar-refractivity contribution >= 4 is 11.9 Å². The van der Waals surface area contributed by atoms with Gasteiger partial charge in [0, 0.05) is 12.8 Å². The lowest BCUT2D eigenvalue weighted by Crippen LogP contribution is -2.42. The summed E-state index contributed by atoms with van der Waals surface area (Å²) in [4.78, 5) is 23.2. The van der Waals surface area contributed by atoms with Crippen LogP contribution in [0.3, 0.4) is 0 Å². The van der Waals surface area contributed by atoms with Crippen LogP contribution in [-0.4, -0.2) is 70.0 Å². The molecule has 26 heavy (non-hydrogen) atoms. The van der Waals surface area contributed by atoms with Crippen molar-refractivity contribution in [3.63, 3.8) is 0 Å². The largest absolute Gasteiger partial charge is 0.464 e. The van der Waals surface area contributed by atoms with Crippen LogP contribution < -0.4 is 0 Å². The highest BCUT2D eigenvalue weighted by atomic mass is 16.6. The molecule has 0 aliphatic heterocycles. The van der Waals surface area contributed by atoms with Crippen molar-refractivity contribution < 1.29 is 39.5 Å². The number of ether oxygens (including phenoxy) is 2. The molecule has 0 rings (SSSR count). The molecule has 0 aromatic heterocycles. The Labute approximate surface area is 155 Å². The van der Waals surface area contributed by atoms with E-state index in [9.17, 15) is 30.0 Å². The first-order valence-electron chi connectivity index (χ1n) is 9.38. The molecule has 0 radical (unpaired) electrons. The van der Waals surface area contributed by atoms with Gasteiger partial charge in [-0.25, -0.2) is 9.59 Å². The lowest BCUT2D eigenvalue weighted by molar-refractivity contribution is -0.173. The van der Waals surface area contributed by atoms with E-state index in [1.807, 2.05) is 13.8 Å². The average Bonchev–Trinajstić information content (AvgIpc) is 2.62. The predicted molar refractivity (Wildman–Crippen MR) is 94.2 cm³/mol. The third-order valence-electron chi connectivity index (χ3n) is 3.95. The molecule has 4 unspecified atom stereocenters. The number of carbonyl (C=O) groups excluding carboxylic acids is 2. The molecule has 8 heteroatoms. The first-order chi connectivity index (χ1) is 12.3. The van der Waals surface area contributed by atoms with E-state index in [0.717, 1.165) is 25.7 Å². The maximum atomic E-state index is 11.6. The van der Waals surface area contributed by atoms with Crippen molar-refractivity contribution in [1.82, 2.24) is 0 Å². The van der Waals surface area contributed by atoms with E-state index >= 15 is 0 Å². The van der Waals surface area contributed by atoms with Crippen LogP contribution in [0.25, 0.3) is 0 Å². The molecule has 0 amide bonds. The highest BCUT2D eigenvalue weighted by molar-refractivity contribution is 5.85. The second-order valence-corrected chi connectivity index (χ2v) is 6.39. The Hall–Kier alpha value is -1.22. The number of unbranched alkanes of at least 4 members (excludes halogenated alkanes) is 2. The average molecular weight is 378 g/mol. The Balaban J connectivity index is 4.04. The zero-order chi connectivity index (χ0) is 19.9. The van der Waals surface area contributed by atoms with Gasteiger partial charge in [-0.05, 0) is 12.8 Å². The molecule has 0 fully saturated rings. The quantitative estimate of drug-likeness (QED) is 0.306. The second-order valence-electron chi connectivity index (χ2n) is 6.39. The highest BCUT2D eigenvalue weighted by Crippen LogP contribution is 2.07. The molecule has 0 spiro atoms. The SMILES string of the molecule is CCCCC(O)CCOC(=O)C(O)C(O)C(=O)OCCC(O)CCCC. The van der Waals surface area contributed by atoms with Crippen LogP contribution in [0.4, 0.5) is 0 Å². The third-order valence-corrected chi connectivity index (χ3v) is 3.95. The number of carbonyl (C=O) groups is 2. The Morgan fingerprint density at radius 3 is 1.35 bits per heavy atom. The van der Waals surface area contributed by atoms with Gasteiger partial charge in [0.1, 0.15) is 0 Å². The van der Waals surface area contributed by atoms with Gasteiger partial charge in [0.05, 0.1) is 25.4 Å². The summed E-state index contributed by atoms with van der Waals surface area (Å²) in [5.41, 5.74) is 0. The number of aliphatic hydroxyl groups excluding tert-OH is 4. The highest BCUT2D eigenvalue weighted by Gasteiger charge is 2.33. The van der Waals surface area contributed by atoms with Crippen molar-refractivity contribution in [3.8, 4) is 0 Å². The summed E-state index contributed by atoms with van der Waals surface area (Å²) in [7, 11) is 0. The molecule has 154 valence electrons. The number of hydrogen-bond acceptors (Lipinski definition) is 8. The Kier molecular flexibility index (Phi) is 14.2. The first-order valence-corrected chi connectivity index (χ1v) is 9.38. The van der Waals surface area contributed by atoms with E-state index in [4.69, 9.17) is 9.47 Å². The molecule has 0 bridgehead atoms. The number of aliphatic hydroxyl groups is 4. The van der Waals surface area contributed by atoms with Crippen molar-refractivity contribution in [3.05, 3.63) is 0 Å². The van der Waals surface area contributed by atoms with Crippen LogP contribution in [-0.2, 0) is 19.1 Å². The van der Waals surface area contributed by atoms with Gasteiger partial charge in [0.15, 0.2) is 12.2 Å². The number of rotatable bonds is 15. The first kappa shape index (κ1) is 24.8. The molecule has 0 aliphatic carbocycles. The molecule has 4 atom stereocenters. The number of hydrogen-bond donors (Lipinski definition) is 4. The summed E-state index contributed by atoms with van der Waals surface area (Å²) in [6.45, 7) is 3.75. The van der Waals surface area contributed by atoms with E-state index in [1.165, 1.54) is 0 Å². The van der Waals surface area contributed by atoms with Gasteiger partial charge < -0.3 is 29.9 Å². The normalized spacial score (nSPS) is 15.8. The smallest absolute Gasteiger partial charge is 0.338 e. The summed E-state index contributed by atoms with van der Waals surface area (Å²) in [6, 6.07) is 0. The van der Waals surface area contributed by atoms with Crippen LogP contribution in [0.15, 0.2) is 0 Å². The van der Waals surface area contributed by atoms with Gasteiger partial charge >= 0.3 is 11.9 Å². The van der Waals surface area contributed by atoms with Crippen molar-refractivity contribution in [2.75, 3.05) is 13.2 Å². The van der Waals surface area contributed by atoms with Gasteiger partial charge in [-0.3, -0.25) is 0 Å². The van der Waals surface area contributed by atoms with Crippen molar-refractivity contribution in [1.29, 1.82) is 0 Å². The van der Waals surface area contributed by atoms with Crippen LogP contribution in [0.1, 0.15) is 65.2 Å². The van der Waals surface area contributed by atoms with Crippen molar-refractivity contribution in [2.45, 2.75) is 89.6 Å². The van der Waals surface area contributed by atoms with Gasteiger partial charge in [-0.1, -0.05) is 39.5 Å². The van der Waals surface area contributed by atoms with E-state index in [2.05, 4.69) is 0 Å².